The molecule has 2 rings (SSSR count). The number of carbonyl (C=O) groups excluding carboxylic acids is 1. The van der Waals surface area contributed by atoms with Crippen LogP contribution in [0.2, 0.25) is 5.02 Å². The van der Waals surface area contributed by atoms with Crippen LogP contribution in [0.3, 0.4) is 0 Å². The Hall–Kier alpha value is -1.79. The van der Waals surface area contributed by atoms with E-state index in [0.29, 0.717) is 12.1 Å². The van der Waals surface area contributed by atoms with Crippen molar-refractivity contribution in [3.63, 3.8) is 0 Å². The lowest BCUT2D eigenvalue weighted by molar-refractivity contribution is -0.132. The Balaban J connectivity index is 2.53. The van der Waals surface area contributed by atoms with Crippen LogP contribution in [0, 0.1) is 5.82 Å². The summed E-state index contributed by atoms with van der Waals surface area (Å²) in [6.45, 7) is 0. The van der Waals surface area contributed by atoms with Crippen LogP contribution < -0.4 is 10.1 Å². The molecule has 1 aromatic rings. The van der Waals surface area contributed by atoms with Crippen LogP contribution in [0.25, 0.3) is 0 Å². The van der Waals surface area contributed by atoms with Crippen molar-refractivity contribution in [2.45, 2.75) is 12.5 Å². The highest BCUT2D eigenvalue weighted by Gasteiger charge is 2.30. The van der Waals surface area contributed by atoms with Gasteiger partial charge in [0.25, 0.3) is 0 Å². The zero-order chi connectivity index (χ0) is 17.1. The first-order chi connectivity index (χ1) is 10.9. The first-order valence-corrected chi connectivity index (χ1v) is 7.44. The summed E-state index contributed by atoms with van der Waals surface area (Å²) in [4.78, 5) is 16.1. The molecule has 0 aromatic heterocycles. The lowest BCUT2D eigenvalue weighted by Crippen LogP contribution is -2.26. The Morgan fingerprint density at radius 1 is 1.39 bits per heavy atom. The van der Waals surface area contributed by atoms with Gasteiger partial charge in [-0.25, -0.2) is 9.18 Å². The summed E-state index contributed by atoms with van der Waals surface area (Å²) in [7, 11) is 4.21. The highest BCUT2D eigenvalue weighted by atomic mass is 35.5. The van der Waals surface area contributed by atoms with Gasteiger partial charge in [0.2, 0.25) is 0 Å². The summed E-state index contributed by atoms with van der Waals surface area (Å²) in [5, 5.41) is 3.22. The molecule has 1 atom stereocenters. The summed E-state index contributed by atoms with van der Waals surface area (Å²) >= 11 is 12.0. The smallest absolute Gasteiger partial charge is 0.357 e. The van der Waals surface area contributed by atoms with E-state index in [-0.39, 0.29) is 27.1 Å². The number of nitrogens with zero attached hydrogens (tertiary/aromatic N) is 1. The maximum absolute atomic E-state index is 14.6. The van der Waals surface area contributed by atoms with Crippen molar-refractivity contribution in [3.05, 3.63) is 39.3 Å². The molecule has 0 amide bonds. The number of benzene rings is 1. The number of halogens is 3. The maximum Gasteiger partial charge on any atom is 0.357 e. The normalized spacial score (nSPS) is 17.7. The zero-order valence-electron chi connectivity index (χ0n) is 12.7. The third kappa shape index (κ3) is 3.28. The molecule has 124 valence electrons. The Labute approximate surface area is 143 Å². The second kappa shape index (κ2) is 7.19. The minimum atomic E-state index is -0.686. The van der Waals surface area contributed by atoms with E-state index in [9.17, 15) is 9.18 Å². The first-order valence-electron chi connectivity index (χ1n) is 6.69. The number of hydrogen-bond acceptors (Lipinski definition) is 5. The van der Waals surface area contributed by atoms with Crippen LogP contribution in [-0.2, 0) is 9.53 Å². The van der Waals surface area contributed by atoms with Gasteiger partial charge in [0, 0.05) is 24.7 Å². The van der Waals surface area contributed by atoms with Crippen molar-refractivity contribution in [1.82, 2.24) is 5.32 Å². The van der Waals surface area contributed by atoms with Gasteiger partial charge in [-0.1, -0.05) is 29.3 Å². The fraction of sp³-hybridized carbons (Fsp3) is 0.333. The van der Waals surface area contributed by atoms with Gasteiger partial charge < -0.3 is 14.8 Å². The summed E-state index contributed by atoms with van der Waals surface area (Å²) < 4.78 is 24.2. The van der Waals surface area contributed by atoms with Crippen molar-refractivity contribution in [3.8, 4) is 5.75 Å². The van der Waals surface area contributed by atoms with E-state index in [1.54, 1.807) is 7.05 Å². The van der Waals surface area contributed by atoms with Crippen molar-refractivity contribution in [2.24, 2.45) is 4.99 Å². The summed E-state index contributed by atoms with van der Waals surface area (Å²) in [6.07, 6.45) is 0.303. The zero-order valence-corrected chi connectivity index (χ0v) is 14.3. The molecule has 1 heterocycles. The van der Waals surface area contributed by atoms with E-state index in [0.717, 1.165) is 0 Å². The number of rotatable bonds is 4. The molecule has 0 saturated carbocycles. The fourth-order valence-electron chi connectivity index (χ4n) is 2.31. The van der Waals surface area contributed by atoms with Crippen molar-refractivity contribution in [1.29, 1.82) is 0 Å². The molecule has 0 saturated heterocycles. The Bertz CT molecular complexity index is 704. The van der Waals surface area contributed by atoms with Crippen LogP contribution >= 0.6 is 23.2 Å². The molecule has 0 bridgehead atoms. The molecule has 0 fully saturated rings. The number of aliphatic imine (C=N–C) groups is 1. The third-order valence-corrected chi connectivity index (χ3v) is 4.18. The van der Waals surface area contributed by atoms with E-state index in [2.05, 4.69) is 15.0 Å². The predicted molar refractivity (Wildman–Crippen MR) is 86.7 cm³/mol. The minimum absolute atomic E-state index is 0.0527. The Morgan fingerprint density at radius 2 is 2.09 bits per heavy atom. The van der Waals surface area contributed by atoms with Gasteiger partial charge in [-0.2, -0.15) is 0 Å². The summed E-state index contributed by atoms with van der Waals surface area (Å²) in [5.74, 6) is -1.37. The minimum Gasteiger partial charge on any atom is -0.492 e. The van der Waals surface area contributed by atoms with Crippen LogP contribution in [-0.4, -0.2) is 32.9 Å². The number of methoxy groups -OCH3 is 2. The van der Waals surface area contributed by atoms with Crippen LogP contribution in [0.15, 0.2) is 27.9 Å². The topological polar surface area (TPSA) is 59.9 Å². The second-order valence-corrected chi connectivity index (χ2v) is 5.50. The maximum atomic E-state index is 14.6. The van der Waals surface area contributed by atoms with Crippen LogP contribution in [0.5, 0.6) is 5.75 Å². The highest BCUT2D eigenvalue weighted by Crippen LogP contribution is 2.38. The van der Waals surface area contributed by atoms with Crippen molar-refractivity contribution < 1.29 is 18.7 Å². The molecule has 1 aliphatic heterocycles. The fourth-order valence-corrected chi connectivity index (χ4v) is 2.83. The SMILES string of the molecule is CNC1=C(Cl)C(C(=O)OC)=NC(c2ccc(Cl)c(OC)c2F)C1. The molecular weight excluding hydrogens is 346 g/mol. The molecule has 1 aromatic carbocycles. The van der Waals surface area contributed by atoms with Crippen molar-refractivity contribution >= 4 is 34.9 Å². The molecule has 1 unspecified atom stereocenters. The van der Waals surface area contributed by atoms with E-state index in [1.807, 2.05) is 0 Å². The van der Waals surface area contributed by atoms with Gasteiger partial charge in [-0.15, -0.1) is 0 Å². The molecule has 5 nitrogen and oxygen atoms in total. The van der Waals surface area contributed by atoms with Crippen molar-refractivity contribution in [2.75, 3.05) is 21.3 Å². The summed E-state index contributed by atoms with van der Waals surface area (Å²) in [6, 6.07) is 2.38. The van der Waals surface area contributed by atoms with E-state index in [4.69, 9.17) is 27.9 Å². The molecule has 1 aliphatic rings. The molecule has 8 heteroatoms. The molecular formula is C15H15Cl2FN2O3. The monoisotopic (exact) mass is 360 g/mol. The Kier molecular flexibility index (Phi) is 5.49. The number of dihydropyridines is 1. The molecule has 1 N–H and O–H groups in total. The molecule has 0 radical (unpaired) electrons. The number of nitrogens with one attached hydrogen (secondary N) is 1. The van der Waals surface area contributed by atoms with Gasteiger partial charge in [0.05, 0.1) is 30.3 Å². The van der Waals surface area contributed by atoms with E-state index < -0.39 is 17.8 Å². The Morgan fingerprint density at radius 3 is 2.65 bits per heavy atom. The van der Waals surface area contributed by atoms with Gasteiger partial charge in [0.15, 0.2) is 17.3 Å². The second-order valence-electron chi connectivity index (χ2n) is 4.72. The standard InChI is InChI=1S/C15H15Cl2FN2O3/c1-19-10-6-9(20-13(11(10)17)15(21)23-3)7-4-5-8(16)14(22-2)12(7)18/h4-5,9,19H,6H2,1-3H3. The number of hydrogen-bond donors (Lipinski definition) is 1. The van der Waals surface area contributed by atoms with Crippen LogP contribution in [0.4, 0.5) is 4.39 Å². The average Bonchev–Trinajstić information content (AvgIpc) is 2.55. The highest BCUT2D eigenvalue weighted by molar-refractivity contribution is 6.58. The first kappa shape index (κ1) is 17.6. The molecule has 23 heavy (non-hydrogen) atoms. The average molecular weight is 361 g/mol. The van der Waals surface area contributed by atoms with E-state index in [1.165, 1.54) is 26.4 Å². The van der Waals surface area contributed by atoms with Gasteiger partial charge in [0.1, 0.15) is 0 Å². The largest absolute Gasteiger partial charge is 0.492 e. The molecule has 0 spiro atoms. The third-order valence-electron chi connectivity index (χ3n) is 3.48. The number of ether oxygens (including phenoxy) is 2. The van der Waals surface area contributed by atoms with Gasteiger partial charge in [-0.3, -0.25) is 4.99 Å². The quantitative estimate of drug-likeness (QED) is 0.837. The summed E-state index contributed by atoms with van der Waals surface area (Å²) in [5.41, 5.74) is 0.771. The lowest BCUT2D eigenvalue weighted by atomic mass is 9.98. The van der Waals surface area contributed by atoms with E-state index >= 15 is 0 Å². The van der Waals surface area contributed by atoms with Gasteiger partial charge in [-0.05, 0) is 6.07 Å². The van der Waals surface area contributed by atoms with Crippen LogP contribution in [0.1, 0.15) is 18.0 Å². The lowest BCUT2D eigenvalue weighted by Gasteiger charge is -2.23. The molecule has 0 aliphatic carbocycles. The number of carbonyl (C=O) groups is 1. The van der Waals surface area contributed by atoms with Gasteiger partial charge >= 0.3 is 5.97 Å². The predicted octanol–water partition coefficient (Wildman–Crippen LogP) is 3.22. The number of esters is 1.